The Kier molecular flexibility index (Phi) is 5.34. The van der Waals surface area contributed by atoms with Crippen molar-refractivity contribution in [3.63, 3.8) is 0 Å². The molecule has 0 saturated heterocycles. The lowest BCUT2D eigenvalue weighted by Crippen LogP contribution is -2.18. The molecule has 1 unspecified atom stereocenters. The molecule has 0 aromatic heterocycles. The van der Waals surface area contributed by atoms with Gasteiger partial charge in [0.1, 0.15) is 6.61 Å². The molecular weight excluding hydrogens is 156 g/mol. The first-order valence-electron chi connectivity index (χ1n) is 4.24. The zero-order valence-corrected chi connectivity index (χ0v) is 7.92. The van der Waals surface area contributed by atoms with Crippen molar-refractivity contribution in [2.45, 2.75) is 33.6 Å². The van der Waals surface area contributed by atoms with Crippen LogP contribution in [0.3, 0.4) is 0 Å². The molecule has 0 aliphatic heterocycles. The first kappa shape index (κ1) is 11.1. The zero-order chi connectivity index (χ0) is 9.56. The second kappa shape index (κ2) is 5.75. The molecule has 0 aliphatic carbocycles. The number of ketones is 1. The Morgan fingerprint density at radius 3 is 2.42 bits per heavy atom. The van der Waals surface area contributed by atoms with E-state index in [0.29, 0.717) is 0 Å². The van der Waals surface area contributed by atoms with Gasteiger partial charge in [0.05, 0.1) is 0 Å². The van der Waals surface area contributed by atoms with Crippen molar-refractivity contribution >= 4 is 11.8 Å². The van der Waals surface area contributed by atoms with Gasteiger partial charge in [-0.1, -0.05) is 20.3 Å². The Balaban J connectivity index is 3.64. The molecule has 0 aliphatic rings. The fourth-order valence-electron chi connectivity index (χ4n) is 0.909. The third kappa shape index (κ3) is 4.88. The molecule has 0 amide bonds. The average Bonchev–Trinajstić information content (AvgIpc) is 2.00. The van der Waals surface area contributed by atoms with Gasteiger partial charge in [0.2, 0.25) is 0 Å². The number of Topliss-reactive ketones (excluding diaryl/α,β-unsaturated/α-hetero) is 1. The summed E-state index contributed by atoms with van der Waals surface area (Å²) >= 11 is 0. The maximum atomic E-state index is 11.2. The molecule has 0 heterocycles. The second-order valence-electron chi connectivity index (χ2n) is 2.94. The molecule has 0 fully saturated rings. The Morgan fingerprint density at radius 2 is 2.00 bits per heavy atom. The lowest BCUT2D eigenvalue weighted by atomic mass is 10.0. The highest BCUT2D eigenvalue weighted by molar-refractivity contribution is 5.83. The minimum Gasteiger partial charge on any atom is -0.458 e. The molecule has 3 heteroatoms. The molecule has 0 spiro atoms. The van der Waals surface area contributed by atoms with Crippen LogP contribution in [0.2, 0.25) is 0 Å². The van der Waals surface area contributed by atoms with Gasteiger partial charge in [0.15, 0.2) is 5.78 Å². The Labute approximate surface area is 73.1 Å². The van der Waals surface area contributed by atoms with Crippen molar-refractivity contribution in [3.05, 3.63) is 0 Å². The Hall–Kier alpha value is -0.860. The molecule has 0 saturated carbocycles. The van der Waals surface area contributed by atoms with E-state index in [0.717, 1.165) is 12.8 Å². The predicted octanol–water partition coefficient (Wildman–Crippen LogP) is 1.55. The number of rotatable bonds is 5. The number of hydrogen-bond donors (Lipinski definition) is 0. The molecule has 1 atom stereocenters. The van der Waals surface area contributed by atoms with E-state index < -0.39 is 5.97 Å². The maximum Gasteiger partial charge on any atom is 0.303 e. The van der Waals surface area contributed by atoms with E-state index in [2.05, 4.69) is 4.74 Å². The lowest BCUT2D eigenvalue weighted by molar-refractivity contribution is -0.146. The van der Waals surface area contributed by atoms with Crippen LogP contribution in [0.1, 0.15) is 33.6 Å². The van der Waals surface area contributed by atoms with E-state index in [1.807, 2.05) is 13.8 Å². The van der Waals surface area contributed by atoms with Crippen LogP contribution in [0, 0.1) is 5.92 Å². The largest absolute Gasteiger partial charge is 0.458 e. The van der Waals surface area contributed by atoms with E-state index >= 15 is 0 Å². The molecule has 0 bridgehead atoms. The molecule has 3 nitrogen and oxygen atoms in total. The van der Waals surface area contributed by atoms with E-state index in [1.54, 1.807) is 0 Å². The van der Waals surface area contributed by atoms with Crippen LogP contribution in [0.25, 0.3) is 0 Å². The predicted molar refractivity (Wildman–Crippen MR) is 45.7 cm³/mol. The molecule has 0 aromatic rings. The van der Waals surface area contributed by atoms with Gasteiger partial charge >= 0.3 is 5.97 Å². The zero-order valence-electron chi connectivity index (χ0n) is 7.92. The highest BCUT2D eigenvalue weighted by atomic mass is 16.5. The maximum absolute atomic E-state index is 11.2. The van der Waals surface area contributed by atoms with Crippen LogP contribution in [0.4, 0.5) is 0 Å². The summed E-state index contributed by atoms with van der Waals surface area (Å²) in [7, 11) is 0. The first-order chi connectivity index (χ1) is 5.57. The first-order valence-corrected chi connectivity index (χ1v) is 4.24. The van der Waals surface area contributed by atoms with Gasteiger partial charge in [-0.25, -0.2) is 0 Å². The smallest absolute Gasteiger partial charge is 0.303 e. The molecule has 12 heavy (non-hydrogen) atoms. The number of hydrogen-bond acceptors (Lipinski definition) is 3. The van der Waals surface area contributed by atoms with Crippen LogP contribution < -0.4 is 0 Å². The van der Waals surface area contributed by atoms with Gasteiger partial charge in [0.25, 0.3) is 0 Å². The van der Waals surface area contributed by atoms with Crippen molar-refractivity contribution in [2.75, 3.05) is 6.61 Å². The van der Waals surface area contributed by atoms with Crippen molar-refractivity contribution < 1.29 is 14.3 Å². The van der Waals surface area contributed by atoms with E-state index in [4.69, 9.17) is 0 Å². The van der Waals surface area contributed by atoms with E-state index in [9.17, 15) is 9.59 Å². The van der Waals surface area contributed by atoms with Crippen LogP contribution >= 0.6 is 0 Å². The summed E-state index contributed by atoms with van der Waals surface area (Å²) in [5.41, 5.74) is 0. The summed E-state index contributed by atoms with van der Waals surface area (Å²) in [6.45, 7) is 5.11. The lowest BCUT2D eigenvalue weighted by Gasteiger charge is -2.07. The van der Waals surface area contributed by atoms with Gasteiger partial charge in [-0.3, -0.25) is 9.59 Å². The molecule has 0 radical (unpaired) electrons. The number of carbonyl (C=O) groups is 2. The third-order valence-corrected chi connectivity index (χ3v) is 1.69. The third-order valence-electron chi connectivity index (χ3n) is 1.69. The average molecular weight is 172 g/mol. The summed E-state index contributed by atoms with van der Waals surface area (Å²) in [5, 5.41) is 0. The fourth-order valence-corrected chi connectivity index (χ4v) is 0.909. The SMILES string of the molecule is CCCC(C)C(=O)COC(C)=O. The van der Waals surface area contributed by atoms with Crippen molar-refractivity contribution in [2.24, 2.45) is 5.92 Å². The highest BCUT2D eigenvalue weighted by Gasteiger charge is 2.12. The Morgan fingerprint density at radius 1 is 1.42 bits per heavy atom. The fraction of sp³-hybridized carbons (Fsp3) is 0.778. The van der Waals surface area contributed by atoms with Gasteiger partial charge in [0, 0.05) is 12.8 Å². The van der Waals surface area contributed by atoms with Crippen LogP contribution in [-0.2, 0) is 14.3 Å². The van der Waals surface area contributed by atoms with Gasteiger partial charge < -0.3 is 4.74 Å². The molecule has 0 rings (SSSR count). The van der Waals surface area contributed by atoms with Crippen molar-refractivity contribution in [1.29, 1.82) is 0 Å². The topological polar surface area (TPSA) is 43.4 Å². The normalized spacial score (nSPS) is 12.2. The van der Waals surface area contributed by atoms with Gasteiger partial charge in [-0.2, -0.15) is 0 Å². The minimum atomic E-state index is -0.396. The van der Waals surface area contributed by atoms with Gasteiger partial charge in [-0.15, -0.1) is 0 Å². The summed E-state index contributed by atoms with van der Waals surface area (Å²) in [4.78, 5) is 21.5. The standard InChI is InChI=1S/C9H16O3/c1-4-5-7(2)9(11)6-12-8(3)10/h7H,4-6H2,1-3H3. The van der Waals surface area contributed by atoms with Gasteiger partial charge in [-0.05, 0) is 6.42 Å². The van der Waals surface area contributed by atoms with E-state index in [1.165, 1.54) is 6.92 Å². The van der Waals surface area contributed by atoms with E-state index in [-0.39, 0.29) is 18.3 Å². The number of ether oxygens (including phenoxy) is 1. The highest BCUT2D eigenvalue weighted by Crippen LogP contribution is 2.06. The monoisotopic (exact) mass is 172 g/mol. The summed E-state index contributed by atoms with van der Waals surface area (Å²) in [6, 6.07) is 0. The summed E-state index contributed by atoms with van der Waals surface area (Å²) in [6.07, 6.45) is 1.84. The number of esters is 1. The van der Waals surface area contributed by atoms with Crippen LogP contribution in [-0.4, -0.2) is 18.4 Å². The minimum absolute atomic E-state index is 0.00653. The summed E-state index contributed by atoms with van der Waals surface area (Å²) in [5.74, 6) is -0.381. The number of carbonyl (C=O) groups excluding carboxylic acids is 2. The Bertz CT molecular complexity index is 163. The second-order valence-corrected chi connectivity index (χ2v) is 2.94. The van der Waals surface area contributed by atoms with Crippen LogP contribution in [0.15, 0.2) is 0 Å². The van der Waals surface area contributed by atoms with Crippen LogP contribution in [0.5, 0.6) is 0 Å². The molecule has 0 N–H and O–H groups in total. The molecular formula is C9H16O3. The molecule has 0 aromatic carbocycles. The van der Waals surface area contributed by atoms with Crippen molar-refractivity contribution in [3.8, 4) is 0 Å². The molecule has 70 valence electrons. The summed E-state index contributed by atoms with van der Waals surface area (Å²) < 4.78 is 4.58. The van der Waals surface area contributed by atoms with Crippen molar-refractivity contribution in [1.82, 2.24) is 0 Å². The quantitative estimate of drug-likeness (QED) is 0.591.